The summed E-state index contributed by atoms with van der Waals surface area (Å²) in [7, 11) is -3.91. The van der Waals surface area contributed by atoms with Gasteiger partial charge in [0, 0.05) is 18.1 Å². The lowest BCUT2D eigenvalue weighted by Gasteiger charge is -2.33. The second-order valence-electron chi connectivity index (χ2n) is 7.85. The molecule has 2 rings (SSSR count). The third kappa shape index (κ3) is 8.15. The van der Waals surface area contributed by atoms with E-state index in [1.165, 1.54) is 23.1 Å². The lowest BCUT2D eigenvalue weighted by molar-refractivity contribution is -0.140. The predicted molar refractivity (Wildman–Crippen MR) is 143 cm³/mol. The van der Waals surface area contributed by atoms with Crippen LogP contribution < -0.4 is 9.62 Å². The molecule has 0 spiro atoms. The summed E-state index contributed by atoms with van der Waals surface area (Å²) in [5.41, 5.74) is 0.731. The number of carbonyl (C=O) groups excluding carboxylic acids is 2. The molecule has 0 heterocycles. The Kier molecular flexibility index (Phi) is 11.0. The zero-order valence-electron chi connectivity index (χ0n) is 19.5. The van der Waals surface area contributed by atoms with E-state index in [4.69, 9.17) is 46.4 Å². The van der Waals surface area contributed by atoms with Gasteiger partial charge in [-0.25, -0.2) is 8.42 Å². The van der Waals surface area contributed by atoms with Gasteiger partial charge in [-0.15, -0.1) is 0 Å². The molecule has 12 heteroatoms. The highest BCUT2D eigenvalue weighted by Gasteiger charge is 2.32. The van der Waals surface area contributed by atoms with E-state index >= 15 is 0 Å². The molecule has 1 atom stereocenters. The fourth-order valence-electron chi connectivity index (χ4n) is 3.40. The van der Waals surface area contributed by atoms with Gasteiger partial charge in [-0.2, -0.15) is 0 Å². The Labute approximate surface area is 226 Å². The molecule has 0 bridgehead atoms. The van der Waals surface area contributed by atoms with Crippen molar-refractivity contribution in [2.75, 3.05) is 23.7 Å². The Morgan fingerprint density at radius 2 is 1.66 bits per heavy atom. The number of rotatable bonds is 11. The van der Waals surface area contributed by atoms with Gasteiger partial charge < -0.3 is 10.2 Å². The number of hydrogen-bond donors (Lipinski definition) is 1. The van der Waals surface area contributed by atoms with Crippen molar-refractivity contribution in [1.82, 2.24) is 10.2 Å². The number of benzene rings is 2. The van der Waals surface area contributed by atoms with Crippen molar-refractivity contribution in [2.24, 2.45) is 0 Å². The van der Waals surface area contributed by atoms with E-state index in [1.54, 1.807) is 25.1 Å². The van der Waals surface area contributed by atoms with Crippen molar-refractivity contribution in [2.45, 2.75) is 39.3 Å². The van der Waals surface area contributed by atoms with E-state index in [0.717, 1.165) is 17.0 Å². The molecule has 2 aromatic carbocycles. The molecular weight excluding hydrogens is 556 g/mol. The summed E-state index contributed by atoms with van der Waals surface area (Å²) in [6.07, 6.45) is 2.00. The Bertz CT molecular complexity index is 1180. The van der Waals surface area contributed by atoms with Gasteiger partial charge in [0.05, 0.1) is 27.0 Å². The van der Waals surface area contributed by atoms with Crippen molar-refractivity contribution in [3.63, 3.8) is 0 Å². The number of halogens is 4. The first kappa shape index (κ1) is 29.5. The van der Waals surface area contributed by atoms with Gasteiger partial charge in [0.2, 0.25) is 21.8 Å². The first-order chi connectivity index (χ1) is 16.4. The van der Waals surface area contributed by atoms with Crippen LogP contribution in [-0.4, -0.2) is 50.5 Å². The number of hydrogen-bond acceptors (Lipinski definition) is 4. The third-order valence-corrected chi connectivity index (χ3v) is 7.53. The van der Waals surface area contributed by atoms with Crippen LogP contribution in [0.5, 0.6) is 0 Å². The van der Waals surface area contributed by atoms with Crippen LogP contribution in [-0.2, 0) is 26.2 Å². The molecule has 0 aliphatic rings. The van der Waals surface area contributed by atoms with E-state index in [0.29, 0.717) is 33.6 Å². The molecular formula is C23H27Cl4N3O4S. The van der Waals surface area contributed by atoms with E-state index in [2.05, 4.69) is 5.32 Å². The molecule has 0 radical (unpaired) electrons. The average molecular weight is 583 g/mol. The maximum absolute atomic E-state index is 13.6. The lowest BCUT2D eigenvalue weighted by Crippen LogP contribution is -2.52. The van der Waals surface area contributed by atoms with Gasteiger partial charge in [0.25, 0.3) is 0 Å². The molecule has 1 N–H and O–H groups in total. The van der Waals surface area contributed by atoms with Gasteiger partial charge in [-0.05, 0) is 48.7 Å². The number of carbonyl (C=O) groups is 2. The Hall–Kier alpha value is -1.71. The fourth-order valence-corrected chi connectivity index (χ4v) is 5.14. The molecule has 0 unspecified atom stereocenters. The topological polar surface area (TPSA) is 86.8 Å². The average Bonchev–Trinajstić information content (AvgIpc) is 2.77. The minimum absolute atomic E-state index is 0.0136. The predicted octanol–water partition coefficient (Wildman–Crippen LogP) is 5.40. The largest absolute Gasteiger partial charge is 0.354 e. The van der Waals surface area contributed by atoms with Gasteiger partial charge >= 0.3 is 0 Å². The smallest absolute Gasteiger partial charge is 0.244 e. The molecule has 0 saturated heterocycles. The van der Waals surface area contributed by atoms with Crippen molar-refractivity contribution in [3.05, 3.63) is 62.1 Å². The van der Waals surface area contributed by atoms with Gasteiger partial charge in [0.15, 0.2) is 0 Å². The maximum atomic E-state index is 13.6. The van der Waals surface area contributed by atoms with E-state index in [9.17, 15) is 18.0 Å². The summed E-state index contributed by atoms with van der Waals surface area (Å²) in [6, 6.07) is 8.34. The summed E-state index contributed by atoms with van der Waals surface area (Å²) in [5.74, 6) is -0.927. The first-order valence-electron chi connectivity index (χ1n) is 10.8. The molecule has 2 amide bonds. The maximum Gasteiger partial charge on any atom is 0.244 e. The minimum Gasteiger partial charge on any atom is -0.354 e. The first-order valence-corrected chi connectivity index (χ1v) is 14.2. The highest BCUT2D eigenvalue weighted by atomic mass is 35.5. The summed E-state index contributed by atoms with van der Waals surface area (Å²) in [4.78, 5) is 27.9. The lowest BCUT2D eigenvalue weighted by atomic mass is 10.1. The number of nitrogens with zero attached hydrogens (tertiary/aromatic N) is 2. The number of amides is 2. The summed E-state index contributed by atoms with van der Waals surface area (Å²) < 4.78 is 26.2. The molecule has 35 heavy (non-hydrogen) atoms. The highest BCUT2D eigenvalue weighted by molar-refractivity contribution is 7.92. The van der Waals surface area contributed by atoms with Crippen LogP contribution in [0.3, 0.4) is 0 Å². The van der Waals surface area contributed by atoms with Crippen LogP contribution in [0.15, 0.2) is 36.4 Å². The van der Waals surface area contributed by atoms with E-state index < -0.39 is 28.5 Å². The minimum atomic E-state index is -3.91. The Morgan fingerprint density at radius 1 is 0.971 bits per heavy atom. The molecule has 0 fully saturated rings. The molecule has 0 aliphatic heterocycles. The number of sulfonamides is 1. The fraction of sp³-hybridized carbons (Fsp3) is 0.391. The highest BCUT2D eigenvalue weighted by Crippen LogP contribution is 2.31. The second-order valence-corrected chi connectivity index (χ2v) is 11.4. The summed E-state index contributed by atoms with van der Waals surface area (Å²) >= 11 is 24.4. The molecule has 0 aliphatic carbocycles. The molecule has 0 saturated carbocycles. The summed E-state index contributed by atoms with van der Waals surface area (Å²) in [5, 5.41) is 3.84. The summed E-state index contributed by atoms with van der Waals surface area (Å²) in [6.45, 7) is 3.58. The molecule has 192 valence electrons. The van der Waals surface area contributed by atoms with Crippen molar-refractivity contribution in [3.8, 4) is 0 Å². The number of anilines is 1. The van der Waals surface area contributed by atoms with Crippen molar-refractivity contribution >= 4 is 73.9 Å². The number of nitrogens with one attached hydrogen (secondary N) is 1. The van der Waals surface area contributed by atoms with Crippen LogP contribution >= 0.6 is 46.4 Å². The monoisotopic (exact) mass is 581 g/mol. The van der Waals surface area contributed by atoms with Crippen LogP contribution in [0.2, 0.25) is 20.1 Å². The van der Waals surface area contributed by atoms with Crippen LogP contribution in [0.25, 0.3) is 0 Å². The van der Waals surface area contributed by atoms with Crippen molar-refractivity contribution in [1.29, 1.82) is 0 Å². The quantitative estimate of drug-likeness (QED) is 0.384. The normalized spacial score (nSPS) is 12.2. The zero-order valence-corrected chi connectivity index (χ0v) is 23.4. The van der Waals surface area contributed by atoms with Crippen LogP contribution in [0.1, 0.15) is 32.3 Å². The third-order valence-electron chi connectivity index (χ3n) is 5.13. The zero-order chi connectivity index (χ0) is 26.3. The van der Waals surface area contributed by atoms with Crippen molar-refractivity contribution < 1.29 is 18.0 Å². The van der Waals surface area contributed by atoms with Crippen LogP contribution in [0.4, 0.5) is 5.69 Å². The Morgan fingerprint density at radius 3 is 2.20 bits per heavy atom. The molecule has 7 nitrogen and oxygen atoms in total. The van der Waals surface area contributed by atoms with Gasteiger partial charge in [-0.1, -0.05) is 66.3 Å². The van der Waals surface area contributed by atoms with E-state index in [1.807, 2.05) is 6.92 Å². The van der Waals surface area contributed by atoms with Gasteiger partial charge in [-0.3, -0.25) is 13.9 Å². The Balaban J connectivity index is 2.48. The molecule has 0 aromatic heterocycles. The second kappa shape index (κ2) is 13.0. The van der Waals surface area contributed by atoms with E-state index in [-0.39, 0.29) is 23.2 Å². The SMILES string of the molecule is CCCNC(=O)[C@H](CC)N(Cc1ccc(Cl)c(Cl)c1)C(=O)CN(c1ccc(Cl)cc1Cl)S(C)(=O)=O. The molecule has 2 aromatic rings. The van der Waals surface area contributed by atoms with Gasteiger partial charge in [0.1, 0.15) is 12.6 Å². The standard InChI is InChI=1S/C23H27Cl4N3O4S/c1-4-10-28-23(32)20(5-2)29(13-15-6-8-17(25)18(26)11-15)22(31)14-30(35(3,33)34)21-9-7-16(24)12-19(21)27/h6-9,11-12,20H,4-5,10,13-14H2,1-3H3,(H,28,32)/t20-/m0/s1. The van der Waals surface area contributed by atoms with Crippen LogP contribution in [0, 0.1) is 0 Å².